The van der Waals surface area contributed by atoms with Gasteiger partial charge in [-0.15, -0.1) is 0 Å². The number of carbonyl (C=O) groups excluding carboxylic acids is 3. The highest BCUT2D eigenvalue weighted by atomic mass is 35.5. The number of hydrogen-bond acceptors (Lipinski definition) is 6. The summed E-state index contributed by atoms with van der Waals surface area (Å²) in [5.41, 5.74) is 1.43. The largest absolute Gasteiger partial charge is 0.462 e. The molecule has 1 unspecified atom stereocenters. The Bertz CT molecular complexity index is 1120. The van der Waals surface area contributed by atoms with Crippen molar-refractivity contribution in [3.63, 3.8) is 0 Å². The molecule has 1 fully saturated rings. The fourth-order valence-electron chi connectivity index (χ4n) is 2.85. The molecule has 3 rings (SSSR count). The van der Waals surface area contributed by atoms with Crippen molar-refractivity contribution >= 4 is 81.0 Å². The summed E-state index contributed by atoms with van der Waals surface area (Å²) >= 11 is 18.7. The molecule has 1 aliphatic heterocycles. The van der Waals surface area contributed by atoms with Gasteiger partial charge < -0.3 is 10.1 Å². The third-order valence-electron chi connectivity index (χ3n) is 4.52. The average molecular weight is 509 g/mol. The van der Waals surface area contributed by atoms with Crippen LogP contribution in [0.4, 0.5) is 5.69 Å². The van der Waals surface area contributed by atoms with Gasteiger partial charge in [0, 0.05) is 5.69 Å². The topological polar surface area (TPSA) is 75.7 Å². The molecule has 2 amide bonds. The van der Waals surface area contributed by atoms with E-state index in [2.05, 4.69) is 5.32 Å². The van der Waals surface area contributed by atoms with Crippen LogP contribution in [-0.2, 0) is 14.3 Å². The summed E-state index contributed by atoms with van der Waals surface area (Å²) in [5, 5.41) is 3.43. The van der Waals surface area contributed by atoms with E-state index >= 15 is 0 Å². The predicted molar refractivity (Wildman–Crippen MR) is 132 cm³/mol. The second-order valence-corrected chi connectivity index (χ2v) is 9.12. The maximum Gasteiger partial charge on any atom is 0.338 e. The summed E-state index contributed by atoms with van der Waals surface area (Å²) in [4.78, 5) is 39.0. The van der Waals surface area contributed by atoms with Crippen LogP contribution in [0.15, 0.2) is 47.4 Å². The van der Waals surface area contributed by atoms with E-state index in [1.165, 1.54) is 4.90 Å². The Morgan fingerprint density at radius 2 is 1.91 bits per heavy atom. The summed E-state index contributed by atoms with van der Waals surface area (Å²) in [5.74, 6) is -1.26. The third-order valence-corrected chi connectivity index (χ3v) is 6.69. The quantitative estimate of drug-likeness (QED) is 0.319. The number of rotatable bonds is 6. The lowest BCUT2D eigenvalue weighted by molar-refractivity contribution is -0.129. The van der Waals surface area contributed by atoms with Gasteiger partial charge in [0.1, 0.15) is 10.4 Å². The molecule has 0 aliphatic carbocycles. The second-order valence-electron chi connectivity index (χ2n) is 6.66. The number of nitrogens with zero attached hydrogens (tertiary/aromatic N) is 1. The van der Waals surface area contributed by atoms with E-state index in [1.54, 1.807) is 62.4 Å². The maximum atomic E-state index is 12.9. The fraction of sp³-hybridized carbons (Fsp3) is 0.182. The highest BCUT2D eigenvalue weighted by Gasteiger charge is 2.38. The standard InChI is InChI=1S/C22H18Cl2N2O4S2/c1-3-30-21(29)13-7-9-15(10-8-13)25-19(27)12(2)26-20(28)17(32-22(26)31)11-14-5-4-6-16(23)18(14)24/h4-12H,3H2,1-2H3,(H,25,27)/b17-11-. The summed E-state index contributed by atoms with van der Waals surface area (Å²) in [6.07, 6.45) is 1.60. The lowest BCUT2D eigenvalue weighted by atomic mass is 10.2. The minimum atomic E-state index is -0.854. The molecule has 2 aromatic rings. The van der Waals surface area contributed by atoms with Gasteiger partial charge in [0.05, 0.1) is 27.1 Å². The number of benzene rings is 2. The van der Waals surface area contributed by atoms with E-state index in [0.29, 0.717) is 31.8 Å². The number of esters is 1. The highest BCUT2D eigenvalue weighted by Crippen LogP contribution is 2.36. The Morgan fingerprint density at radius 1 is 1.22 bits per heavy atom. The fourth-order valence-corrected chi connectivity index (χ4v) is 4.63. The molecule has 2 aromatic carbocycles. The van der Waals surface area contributed by atoms with E-state index in [4.69, 9.17) is 40.2 Å². The zero-order chi connectivity index (χ0) is 23.4. The van der Waals surface area contributed by atoms with Gasteiger partial charge in [0.2, 0.25) is 5.91 Å². The molecule has 0 aromatic heterocycles. The Labute approximate surface area is 204 Å². The second kappa shape index (κ2) is 10.5. The number of nitrogens with one attached hydrogen (secondary N) is 1. The molecule has 1 atom stereocenters. The molecule has 0 spiro atoms. The number of amides is 2. The zero-order valence-corrected chi connectivity index (χ0v) is 20.2. The molecule has 10 heteroatoms. The van der Waals surface area contributed by atoms with E-state index < -0.39 is 23.8 Å². The Kier molecular flexibility index (Phi) is 7.95. The van der Waals surface area contributed by atoms with Gasteiger partial charge in [0.25, 0.3) is 5.91 Å². The molecule has 1 saturated heterocycles. The van der Waals surface area contributed by atoms with Crippen LogP contribution < -0.4 is 5.32 Å². The van der Waals surface area contributed by atoms with Crippen molar-refractivity contribution in [1.29, 1.82) is 0 Å². The monoisotopic (exact) mass is 508 g/mol. The van der Waals surface area contributed by atoms with E-state index in [-0.39, 0.29) is 10.9 Å². The first-order chi connectivity index (χ1) is 15.2. The number of ether oxygens (including phenoxy) is 1. The third kappa shape index (κ3) is 5.32. The van der Waals surface area contributed by atoms with Gasteiger partial charge >= 0.3 is 5.97 Å². The van der Waals surface area contributed by atoms with Crippen LogP contribution in [-0.4, -0.2) is 39.7 Å². The van der Waals surface area contributed by atoms with Gasteiger partial charge in [-0.25, -0.2) is 4.79 Å². The van der Waals surface area contributed by atoms with Crippen LogP contribution in [0.5, 0.6) is 0 Å². The first-order valence-corrected chi connectivity index (χ1v) is 11.5. The minimum Gasteiger partial charge on any atom is -0.462 e. The van der Waals surface area contributed by atoms with Crippen molar-refractivity contribution in [1.82, 2.24) is 4.90 Å². The molecule has 32 heavy (non-hydrogen) atoms. The molecule has 6 nitrogen and oxygen atoms in total. The minimum absolute atomic E-state index is 0.264. The predicted octanol–water partition coefficient (Wildman–Crippen LogP) is 5.40. The number of thiocarbonyl (C=S) groups is 1. The molecule has 0 bridgehead atoms. The Morgan fingerprint density at radius 3 is 2.56 bits per heavy atom. The van der Waals surface area contributed by atoms with Crippen LogP contribution in [0.25, 0.3) is 6.08 Å². The van der Waals surface area contributed by atoms with Crippen molar-refractivity contribution in [2.75, 3.05) is 11.9 Å². The van der Waals surface area contributed by atoms with Gasteiger partial charge in [-0.2, -0.15) is 0 Å². The molecule has 1 N–H and O–H groups in total. The van der Waals surface area contributed by atoms with Crippen LogP contribution in [0.1, 0.15) is 29.8 Å². The number of carbonyl (C=O) groups is 3. The first-order valence-electron chi connectivity index (χ1n) is 9.52. The van der Waals surface area contributed by atoms with Gasteiger partial charge in [-0.3, -0.25) is 14.5 Å². The van der Waals surface area contributed by atoms with Gasteiger partial charge in [-0.05, 0) is 55.8 Å². The highest BCUT2D eigenvalue weighted by molar-refractivity contribution is 8.26. The van der Waals surface area contributed by atoms with Gasteiger partial charge in [-0.1, -0.05) is 59.3 Å². The number of anilines is 1. The van der Waals surface area contributed by atoms with Crippen LogP contribution in [0, 0.1) is 0 Å². The summed E-state index contributed by atoms with van der Waals surface area (Å²) in [7, 11) is 0. The lowest BCUT2D eigenvalue weighted by Crippen LogP contribution is -2.44. The van der Waals surface area contributed by atoms with Crippen molar-refractivity contribution < 1.29 is 19.1 Å². The van der Waals surface area contributed by atoms with Gasteiger partial charge in [0.15, 0.2) is 0 Å². The molecular weight excluding hydrogens is 491 g/mol. The number of halogens is 2. The average Bonchev–Trinajstić information content (AvgIpc) is 3.04. The van der Waals surface area contributed by atoms with E-state index in [0.717, 1.165) is 11.8 Å². The molecule has 166 valence electrons. The van der Waals surface area contributed by atoms with Crippen molar-refractivity contribution in [2.45, 2.75) is 19.9 Å². The number of hydrogen-bond donors (Lipinski definition) is 1. The van der Waals surface area contributed by atoms with Crippen LogP contribution in [0.3, 0.4) is 0 Å². The smallest absolute Gasteiger partial charge is 0.338 e. The van der Waals surface area contributed by atoms with Crippen LogP contribution in [0.2, 0.25) is 10.0 Å². The molecule has 0 saturated carbocycles. The molecule has 0 radical (unpaired) electrons. The summed E-state index contributed by atoms with van der Waals surface area (Å²) < 4.78 is 5.20. The Hall–Kier alpha value is -2.39. The van der Waals surface area contributed by atoms with Crippen molar-refractivity contribution in [2.24, 2.45) is 0 Å². The van der Waals surface area contributed by atoms with Crippen molar-refractivity contribution in [3.8, 4) is 0 Å². The van der Waals surface area contributed by atoms with E-state index in [1.807, 2.05) is 0 Å². The lowest BCUT2D eigenvalue weighted by Gasteiger charge is -2.22. The molecule has 1 heterocycles. The summed E-state index contributed by atoms with van der Waals surface area (Å²) in [6.45, 7) is 3.58. The Balaban J connectivity index is 1.72. The van der Waals surface area contributed by atoms with Crippen molar-refractivity contribution in [3.05, 3.63) is 68.5 Å². The van der Waals surface area contributed by atoms with Crippen LogP contribution >= 0.6 is 47.2 Å². The first kappa shape index (κ1) is 24.3. The number of thioether (sulfide) groups is 1. The SMILES string of the molecule is CCOC(=O)c1ccc(NC(=O)C(C)N2C(=O)/C(=C/c3cccc(Cl)c3Cl)SC2=S)cc1. The molecule has 1 aliphatic rings. The maximum absolute atomic E-state index is 12.9. The van der Waals surface area contributed by atoms with E-state index in [9.17, 15) is 14.4 Å². The normalized spacial score (nSPS) is 15.8. The zero-order valence-electron chi connectivity index (χ0n) is 17.1. The molecular formula is C22H18Cl2N2O4S2. The summed E-state index contributed by atoms with van der Waals surface area (Å²) in [6, 6.07) is 10.5.